The van der Waals surface area contributed by atoms with Gasteiger partial charge in [-0.1, -0.05) is 31.2 Å². The van der Waals surface area contributed by atoms with E-state index in [2.05, 4.69) is 12.2 Å². The lowest BCUT2D eigenvalue weighted by Crippen LogP contribution is -2.45. The SMILES string of the molecule is CCCN(C[C@@H]1COc2ccccc2O1)C(=S)Nc1ccccc1F. The molecule has 0 aromatic heterocycles. The zero-order chi connectivity index (χ0) is 17.6. The van der Waals surface area contributed by atoms with Crippen molar-refractivity contribution >= 4 is 23.0 Å². The van der Waals surface area contributed by atoms with Crippen molar-refractivity contribution in [2.45, 2.75) is 19.4 Å². The van der Waals surface area contributed by atoms with Gasteiger partial charge >= 0.3 is 0 Å². The third-order valence-electron chi connectivity index (χ3n) is 3.89. The molecular weight excluding hydrogens is 339 g/mol. The van der Waals surface area contributed by atoms with E-state index in [1.54, 1.807) is 18.2 Å². The summed E-state index contributed by atoms with van der Waals surface area (Å²) in [6, 6.07) is 14.1. The second kappa shape index (κ2) is 8.16. The Morgan fingerprint density at radius 1 is 1.20 bits per heavy atom. The fourth-order valence-electron chi connectivity index (χ4n) is 2.70. The number of nitrogens with one attached hydrogen (secondary N) is 1. The van der Waals surface area contributed by atoms with E-state index in [1.807, 2.05) is 29.2 Å². The van der Waals surface area contributed by atoms with Crippen LogP contribution in [0.2, 0.25) is 0 Å². The Kier molecular flexibility index (Phi) is 5.71. The van der Waals surface area contributed by atoms with E-state index in [-0.39, 0.29) is 11.9 Å². The molecule has 0 aliphatic carbocycles. The van der Waals surface area contributed by atoms with Crippen LogP contribution in [0.25, 0.3) is 0 Å². The Morgan fingerprint density at radius 2 is 1.92 bits per heavy atom. The molecule has 6 heteroatoms. The Labute approximate surface area is 152 Å². The number of ether oxygens (including phenoxy) is 2. The minimum atomic E-state index is -0.326. The van der Waals surface area contributed by atoms with Crippen LogP contribution in [0, 0.1) is 5.82 Å². The number of nitrogens with zero attached hydrogens (tertiary/aromatic N) is 1. The predicted molar refractivity (Wildman–Crippen MR) is 101 cm³/mol. The minimum absolute atomic E-state index is 0.137. The van der Waals surface area contributed by atoms with Gasteiger partial charge in [0, 0.05) is 6.54 Å². The van der Waals surface area contributed by atoms with Crippen molar-refractivity contribution in [1.29, 1.82) is 0 Å². The molecule has 1 aliphatic rings. The lowest BCUT2D eigenvalue weighted by atomic mass is 10.2. The third-order valence-corrected chi connectivity index (χ3v) is 4.25. The van der Waals surface area contributed by atoms with E-state index >= 15 is 0 Å². The molecule has 0 amide bonds. The number of para-hydroxylation sites is 3. The minimum Gasteiger partial charge on any atom is -0.486 e. The van der Waals surface area contributed by atoms with Crippen LogP contribution in [-0.2, 0) is 0 Å². The van der Waals surface area contributed by atoms with Gasteiger partial charge in [-0.2, -0.15) is 0 Å². The number of fused-ring (bicyclic) bond motifs is 1. The Morgan fingerprint density at radius 3 is 2.68 bits per heavy atom. The van der Waals surface area contributed by atoms with Gasteiger partial charge < -0.3 is 19.7 Å². The van der Waals surface area contributed by atoms with Gasteiger partial charge in [-0.25, -0.2) is 4.39 Å². The first-order chi connectivity index (χ1) is 12.2. The van der Waals surface area contributed by atoms with Gasteiger partial charge in [0.1, 0.15) is 12.4 Å². The number of anilines is 1. The quantitative estimate of drug-likeness (QED) is 0.813. The summed E-state index contributed by atoms with van der Waals surface area (Å²) in [7, 11) is 0. The van der Waals surface area contributed by atoms with Crippen molar-refractivity contribution in [3.05, 3.63) is 54.3 Å². The van der Waals surface area contributed by atoms with Gasteiger partial charge in [0.2, 0.25) is 0 Å². The summed E-state index contributed by atoms with van der Waals surface area (Å²) < 4.78 is 25.6. The zero-order valence-electron chi connectivity index (χ0n) is 14.1. The fraction of sp³-hybridized carbons (Fsp3) is 0.316. The number of hydrogen-bond acceptors (Lipinski definition) is 3. The molecule has 1 atom stereocenters. The molecule has 0 fully saturated rings. The summed E-state index contributed by atoms with van der Waals surface area (Å²) >= 11 is 5.48. The van der Waals surface area contributed by atoms with Crippen molar-refractivity contribution in [3.8, 4) is 11.5 Å². The molecule has 0 spiro atoms. The highest BCUT2D eigenvalue weighted by atomic mass is 32.1. The van der Waals surface area contributed by atoms with Gasteiger partial charge in [-0.05, 0) is 42.9 Å². The number of thiocarbonyl (C=S) groups is 1. The second-order valence-electron chi connectivity index (χ2n) is 5.85. The summed E-state index contributed by atoms with van der Waals surface area (Å²) in [4.78, 5) is 1.99. The highest BCUT2D eigenvalue weighted by Crippen LogP contribution is 2.31. The summed E-state index contributed by atoms with van der Waals surface area (Å²) in [6.07, 6.45) is 0.783. The maximum atomic E-state index is 13.8. The van der Waals surface area contributed by atoms with Crippen molar-refractivity contribution in [2.75, 3.05) is 25.0 Å². The Hall–Kier alpha value is -2.34. The Bertz CT molecular complexity index is 741. The standard InChI is InChI=1S/C19H21FN2O2S/c1-2-11-22(19(25)21-16-8-4-3-7-15(16)20)12-14-13-23-17-9-5-6-10-18(17)24-14/h3-10,14H,2,11-13H2,1H3,(H,21,25)/t14-/m1/s1. The van der Waals surface area contributed by atoms with Crippen LogP contribution in [0.4, 0.5) is 10.1 Å². The first kappa shape index (κ1) is 17.5. The maximum absolute atomic E-state index is 13.8. The molecule has 4 nitrogen and oxygen atoms in total. The number of rotatable bonds is 5. The normalized spacial score (nSPS) is 15.5. The zero-order valence-corrected chi connectivity index (χ0v) is 14.9. The molecule has 2 aromatic carbocycles. The number of hydrogen-bond donors (Lipinski definition) is 1. The molecule has 2 aromatic rings. The largest absolute Gasteiger partial charge is 0.486 e. The topological polar surface area (TPSA) is 33.7 Å². The van der Waals surface area contributed by atoms with E-state index in [4.69, 9.17) is 21.7 Å². The molecule has 0 saturated carbocycles. The van der Waals surface area contributed by atoms with Crippen LogP contribution in [0.5, 0.6) is 11.5 Å². The molecule has 0 radical (unpaired) electrons. The first-order valence-corrected chi connectivity index (χ1v) is 8.77. The molecular formula is C19H21FN2O2S. The number of benzene rings is 2. The van der Waals surface area contributed by atoms with E-state index in [0.717, 1.165) is 24.5 Å². The van der Waals surface area contributed by atoms with E-state index in [1.165, 1.54) is 6.07 Å². The van der Waals surface area contributed by atoms with Gasteiger partial charge in [0.05, 0.1) is 12.2 Å². The lowest BCUT2D eigenvalue weighted by molar-refractivity contribution is 0.0746. The van der Waals surface area contributed by atoms with Crippen LogP contribution in [0.15, 0.2) is 48.5 Å². The highest BCUT2D eigenvalue weighted by molar-refractivity contribution is 7.80. The molecule has 1 aliphatic heterocycles. The maximum Gasteiger partial charge on any atom is 0.173 e. The van der Waals surface area contributed by atoms with E-state index in [0.29, 0.717) is 24.0 Å². The van der Waals surface area contributed by atoms with Crippen LogP contribution < -0.4 is 14.8 Å². The van der Waals surface area contributed by atoms with Gasteiger partial charge in [-0.15, -0.1) is 0 Å². The monoisotopic (exact) mass is 360 g/mol. The summed E-state index contributed by atoms with van der Waals surface area (Å²) in [5.74, 6) is 1.17. The lowest BCUT2D eigenvalue weighted by Gasteiger charge is -2.32. The summed E-state index contributed by atoms with van der Waals surface area (Å²) in [5.41, 5.74) is 0.375. The number of halogens is 1. The predicted octanol–water partition coefficient (Wildman–Crippen LogP) is 4.07. The Balaban J connectivity index is 1.65. The van der Waals surface area contributed by atoms with Gasteiger partial charge in [0.15, 0.2) is 22.7 Å². The summed E-state index contributed by atoms with van der Waals surface area (Å²) in [6.45, 7) is 3.86. The van der Waals surface area contributed by atoms with Crippen LogP contribution in [-0.4, -0.2) is 35.8 Å². The fourth-order valence-corrected chi connectivity index (χ4v) is 2.98. The van der Waals surface area contributed by atoms with Crippen LogP contribution in [0.3, 0.4) is 0 Å². The van der Waals surface area contributed by atoms with Crippen LogP contribution >= 0.6 is 12.2 Å². The third kappa shape index (κ3) is 4.39. The molecule has 132 valence electrons. The molecule has 0 bridgehead atoms. The molecule has 0 saturated heterocycles. The van der Waals surface area contributed by atoms with Crippen molar-refractivity contribution in [3.63, 3.8) is 0 Å². The van der Waals surface area contributed by atoms with Crippen molar-refractivity contribution in [2.24, 2.45) is 0 Å². The molecule has 1 N–H and O–H groups in total. The molecule has 0 unspecified atom stereocenters. The molecule has 3 rings (SSSR count). The second-order valence-corrected chi connectivity index (χ2v) is 6.24. The molecule has 25 heavy (non-hydrogen) atoms. The smallest absolute Gasteiger partial charge is 0.173 e. The average Bonchev–Trinajstić information content (AvgIpc) is 2.63. The van der Waals surface area contributed by atoms with E-state index in [9.17, 15) is 4.39 Å². The van der Waals surface area contributed by atoms with Gasteiger partial charge in [0.25, 0.3) is 0 Å². The van der Waals surface area contributed by atoms with Gasteiger partial charge in [-0.3, -0.25) is 0 Å². The summed E-state index contributed by atoms with van der Waals surface area (Å²) in [5, 5.41) is 3.47. The average molecular weight is 360 g/mol. The van der Waals surface area contributed by atoms with E-state index < -0.39 is 0 Å². The van der Waals surface area contributed by atoms with Crippen molar-refractivity contribution in [1.82, 2.24) is 4.90 Å². The van der Waals surface area contributed by atoms with Crippen molar-refractivity contribution < 1.29 is 13.9 Å². The first-order valence-electron chi connectivity index (χ1n) is 8.36. The molecule has 1 heterocycles. The van der Waals surface area contributed by atoms with Crippen LogP contribution in [0.1, 0.15) is 13.3 Å². The highest BCUT2D eigenvalue weighted by Gasteiger charge is 2.24.